The number of nitrogens with one attached hydrogen (secondary N) is 1. The minimum absolute atomic E-state index is 0.0752. The first-order valence-corrected chi connectivity index (χ1v) is 11.3. The zero-order valence-electron chi connectivity index (χ0n) is 16.1. The zero-order chi connectivity index (χ0) is 20.3. The highest BCUT2D eigenvalue weighted by molar-refractivity contribution is 8.14. The van der Waals surface area contributed by atoms with Gasteiger partial charge in [0.25, 0.3) is 10.0 Å². The number of hydrogen-bond donors (Lipinski definition) is 1. The summed E-state index contributed by atoms with van der Waals surface area (Å²) in [6.45, 7) is 1.94. The summed E-state index contributed by atoms with van der Waals surface area (Å²) < 4.78 is 40.0. The molecule has 0 unspecified atom stereocenters. The molecular formula is C18H22N4O4S2. The van der Waals surface area contributed by atoms with E-state index >= 15 is 0 Å². The van der Waals surface area contributed by atoms with Crippen LogP contribution in [0.2, 0.25) is 0 Å². The molecule has 8 nitrogen and oxygen atoms in total. The molecule has 0 saturated heterocycles. The lowest BCUT2D eigenvalue weighted by Gasteiger charge is -2.11. The topological polar surface area (TPSA) is 103 Å². The van der Waals surface area contributed by atoms with Gasteiger partial charge in [-0.05, 0) is 50.1 Å². The Labute approximate surface area is 168 Å². The summed E-state index contributed by atoms with van der Waals surface area (Å²) in [7, 11) is -1.18. The number of anilines is 1. The summed E-state index contributed by atoms with van der Waals surface area (Å²) in [5, 5.41) is 3.10. The van der Waals surface area contributed by atoms with Crippen LogP contribution in [-0.4, -0.2) is 44.0 Å². The lowest BCUT2D eigenvalue weighted by Crippen LogP contribution is -2.15. The van der Waals surface area contributed by atoms with Gasteiger partial charge in [0.15, 0.2) is 5.17 Å². The summed E-state index contributed by atoms with van der Waals surface area (Å²) in [5.74, 6) is 0.930. The zero-order valence-corrected chi connectivity index (χ0v) is 17.8. The molecule has 0 aliphatic heterocycles. The average molecular weight is 423 g/mol. The Kier molecular flexibility index (Phi) is 6.09. The van der Waals surface area contributed by atoms with Gasteiger partial charge in [0.05, 0.1) is 14.2 Å². The summed E-state index contributed by atoms with van der Waals surface area (Å²) in [6.07, 6.45) is 4.67. The van der Waals surface area contributed by atoms with Crippen LogP contribution in [0.5, 0.6) is 11.5 Å². The molecule has 0 radical (unpaired) electrons. The molecule has 1 aliphatic rings. The number of nitrogens with zero attached hydrogens (tertiary/aromatic N) is 3. The molecular weight excluding hydrogens is 400 g/mol. The van der Waals surface area contributed by atoms with Crippen LogP contribution in [-0.2, 0) is 22.9 Å². The van der Waals surface area contributed by atoms with Gasteiger partial charge in [-0.25, -0.2) is 9.97 Å². The third kappa shape index (κ3) is 4.22. The van der Waals surface area contributed by atoms with Gasteiger partial charge in [-0.3, -0.25) is 0 Å². The third-order valence-corrected chi connectivity index (χ3v) is 6.40. The van der Waals surface area contributed by atoms with Crippen molar-refractivity contribution >= 4 is 32.9 Å². The van der Waals surface area contributed by atoms with E-state index in [1.807, 2.05) is 6.92 Å². The molecule has 28 heavy (non-hydrogen) atoms. The number of fused-ring (bicyclic) bond motifs is 1. The van der Waals surface area contributed by atoms with Crippen molar-refractivity contribution in [3.63, 3.8) is 0 Å². The molecule has 10 heteroatoms. The number of sulfonamides is 1. The predicted octanol–water partition coefficient (Wildman–Crippen LogP) is 2.81. The maximum absolute atomic E-state index is 12.9. The smallest absolute Gasteiger partial charge is 0.288 e. The number of thioether (sulfide) groups is 1. The quantitative estimate of drug-likeness (QED) is 0.580. The van der Waals surface area contributed by atoms with Crippen LogP contribution in [0.25, 0.3) is 0 Å². The number of rotatable bonds is 5. The molecule has 1 N–H and O–H groups in total. The van der Waals surface area contributed by atoms with E-state index in [2.05, 4.69) is 19.7 Å². The summed E-state index contributed by atoms with van der Waals surface area (Å²) in [4.78, 5) is 8.88. The van der Waals surface area contributed by atoms with Crippen molar-refractivity contribution in [3.05, 3.63) is 35.2 Å². The van der Waals surface area contributed by atoms with Crippen molar-refractivity contribution in [2.24, 2.45) is 4.40 Å². The van der Waals surface area contributed by atoms with Crippen LogP contribution in [0.3, 0.4) is 0 Å². The first-order valence-electron chi connectivity index (χ1n) is 8.62. The van der Waals surface area contributed by atoms with Gasteiger partial charge in [0.1, 0.15) is 16.4 Å². The SMILES string of the molecule is COc1ccc(OC)c(S(=O)(=O)N=C(Nc2nc(C)c3c(n2)CCC3)SC)c1. The van der Waals surface area contributed by atoms with Crippen molar-refractivity contribution < 1.29 is 17.9 Å². The Balaban J connectivity index is 1.95. The third-order valence-electron chi connectivity index (χ3n) is 4.40. The Morgan fingerprint density at radius 1 is 1.21 bits per heavy atom. The molecule has 0 fully saturated rings. The highest BCUT2D eigenvalue weighted by Crippen LogP contribution is 2.30. The maximum atomic E-state index is 12.9. The van der Waals surface area contributed by atoms with Gasteiger partial charge < -0.3 is 14.8 Å². The van der Waals surface area contributed by atoms with Crippen LogP contribution in [0, 0.1) is 6.92 Å². The fourth-order valence-corrected chi connectivity index (χ4v) is 4.85. The Morgan fingerprint density at radius 2 is 2.00 bits per heavy atom. The molecule has 0 amide bonds. The van der Waals surface area contributed by atoms with Crippen molar-refractivity contribution in [3.8, 4) is 11.5 Å². The molecule has 3 rings (SSSR count). The standard InChI is InChI=1S/C18H22N4O4S2/c1-11-13-6-5-7-14(13)20-17(19-11)21-18(27-4)22-28(23,24)16-10-12(25-2)8-9-15(16)26-3/h8-10H,5-7H2,1-4H3,(H,19,20,21,22). The van der Waals surface area contributed by atoms with Crippen LogP contribution in [0.15, 0.2) is 27.5 Å². The first kappa shape index (κ1) is 20.4. The largest absolute Gasteiger partial charge is 0.497 e. The van der Waals surface area contributed by atoms with Crippen molar-refractivity contribution in [1.29, 1.82) is 0 Å². The second-order valence-corrected chi connectivity index (χ2v) is 8.50. The Hall–Kier alpha value is -2.33. The van der Waals surface area contributed by atoms with Crippen molar-refractivity contribution in [1.82, 2.24) is 9.97 Å². The number of aromatic nitrogens is 2. The number of ether oxygens (including phenoxy) is 2. The molecule has 1 heterocycles. The maximum Gasteiger partial charge on any atom is 0.288 e. The normalized spacial score (nSPS) is 13.9. The molecule has 0 saturated carbocycles. The second kappa shape index (κ2) is 8.36. The monoisotopic (exact) mass is 422 g/mol. The molecule has 2 aromatic rings. The van der Waals surface area contributed by atoms with Crippen molar-refractivity contribution in [2.45, 2.75) is 31.1 Å². The van der Waals surface area contributed by atoms with Crippen LogP contribution >= 0.6 is 11.8 Å². The average Bonchev–Trinajstić information content (AvgIpc) is 3.16. The van der Waals surface area contributed by atoms with Gasteiger partial charge >= 0.3 is 0 Å². The van der Waals surface area contributed by atoms with E-state index < -0.39 is 10.0 Å². The van der Waals surface area contributed by atoms with Crippen molar-refractivity contribution in [2.75, 3.05) is 25.8 Å². The highest BCUT2D eigenvalue weighted by Gasteiger charge is 2.22. The number of amidine groups is 1. The highest BCUT2D eigenvalue weighted by atomic mass is 32.2. The number of aryl methyl sites for hydroxylation is 2. The molecule has 0 bridgehead atoms. The summed E-state index contributed by atoms with van der Waals surface area (Å²) in [6, 6.07) is 4.53. The summed E-state index contributed by atoms with van der Waals surface area (Å²) in [5.41, 5.74) is 3.09. The molecule has 1 aliphatic carbocycles. The van der Waals surface area contributed by atoms with Gasteiger partial charge in [0, 0.05) is 17.5 Å². The van der Waals surface area contributed by atoms with E-state index in [0.717, 1.165) is 42.4 Å². The molecule has 1 aromatic carbocycles. The van der Waals surface area contributed by atoms with Gasteiger partial charge in [-0.1, -0.05) is 11.8 Å². The van der Waals surface area contributed by atoms with E-state index in [0.29, 0.717) is 11.7 Å². The lowest BCUT2D eigenvalue weighted by atomic mass is 10.2. The van der Waals surface area contributed by atoms with Gasteiger partial charge in [-0.2, -0.15) is 8.42 Å². The van der Waals surface area contributed by atoms with E-state index in [1.54, 1.807) is 12.3 Å². The fraction of sp³-hybridized carbons (Fsp3) is 0.389. The van der Waals surface area contributed by atoms with Gasteiger partial charge in [0.2, 0.25) is 5.95 Å². The van der Waals surface area contributed by atoms with Gasteiger partial charge in [-0.15, -0.1) is 4.40 Å². The van der Waals surface area contributed by atoms with Crippen LogP contribution in [0.1, 0.15) is 23.4 Å². The number of methoxy groups -OCH3 is 2. The Morgan fingerprint density at radius 3 is 2.68 bits per heavy atom. The predicted molar refractivity (Wildman–Crippen MR) is 110 cm³/mol. The minimum Gasteiger partial charge on any atom is -0.497 e. The molecule has 0 atom stereocenters. The lowest BCUT2D eigenvalue weighted by molar-refractivity contribution is 0.392. The Bertz CT molecular complexity index is 1020. The molecule has 1 aromatic heterocycles. The van der Waals surface area contributed by atoms with Crippen LogP contribution < -0.4 is 14.8 Å². The van der Waals surface area contributed by atoms with E-state index in [4.69, 9.17) is 9.47 Å². The van der Waals surface area contributed by atoms with E-state index in [1.165, 1.54) is 31.9 Å². The fourth-order valence-electron chi connectivity index (χ4n) is 3.03. The summed E-state index contributed by atoms with van der Waals surface area (Å²) >= 11 is 1.16. The van der Waals surface area contributed by atoms with Crippen LogP contribution in [0.4, 0.5) is 5.95 Å². The second-order valence-electron chi connectivity index (χ2n) is 6.13. The van der Waals surface area contributed by atoms with E-state index in [-0.39, 0.29) is 15.8 Å². The first-order chi connectivity index (χ1) is 13.4. The van der Waals surface area contributed by atoms with E-state index in [9.17, 15) is 8.42 Å². The number of benzene rings is 1. The molecule has 150 valence electrons. The number of hydrogen-bond acceptors (Lipinski definition) is 7. The molecule has 0 spiro atoms. The minimum atomic E-state index is -4.04.